The van der Waals surface area contributed by atoms with Crippen molar-refractivity contribution in [1.29, 1.82) is 0 Å². The Balaban J connectivity index is 1.91. The predicted octanol–water partition coefficient (Wildman–Crippen LogP) is 3.01. The van der Waals surface area contributed by atoms with Crippen molar-refractivity contribution in [3.8, 4) is 0 Å². The van der Waals surface area contributed by atoms with E-state index in [4.69, 9.17) is 0 Å². The molecule has 20 heavy (non-hydrogen) atoms. The van der Waals surface area contributed by atoms with E-state index in [1.165, 1.54) is 0 Å². The summed E-state index contributed by atoms with van der Waals surface area (Å²) in [4.78, 5) is 8.65. The molecule has 1 unspecified atom stereocenters. The van der Waals surface area contributed by atoms with E-state index in [2.05, 4.69) is 25.9 Å². The number of aliphatic hydroxyl groups is 1. The van der Waals surface area contributed by atoms with Gasteiger partial charge in [-0.2, -0.15) is 0 Å². The fraction of sp³-hybridized carbons (Fsp3) is 0.200. The smallest absolute Gasteiger partial charge is 0.112 e. The molecule has 0 fully saturated rings. The zero-order valence-corrected chi connectivity index (χ0v) is 12.6. The number of hydrogen-bond acceptors (Lipinski definition) is 3. The number of pyridine rings is 1. The highest BCUT2D eigenvalue weighted by atomic mass is 79.9. The molecule has 1 atom stereocenters. The molecule has 0 amide bonds. The summed E-state index contributed by atoms with van der Waals surface area (Å²) in [6.45, 7) is 0. The summed E-state index contributed by atoms with van der Waals surface area (Å²) >= 11 is 3.36. The van der Waals surface area contributed by atoms with E-state index < -0.39 is 6.10 Å². The lowest BCUT2D eigenvalue weighted by atomic mass is 10.1. The molecule has 0 spiro atoms. The Bertz CT molecular complexity index is 754. The highest BCUT2D eigenvalue weighted by Gasteiger charge is 2.14. The molecule has 0 radical (unpaired) electrons. The first-order valence-corrected chi connectivity index (χ1v) is 7.13. The number of para-hydroxylation sites is 2. The molecule has 102 valence electrons. The molecule has 5 heteroatoms. The van der Waals surface area contributed by atoms with Crippen LogP contribution in [0.2, 0.25) is 0 Å². The van der Waals surface area contributed by atoms with Crippen LogP contribution in [0.15, 0.2) is 47.2 Å². The molecule has 1 N–H and O–H groups in total. The number of halogens is 1. The third-order valence-electron chi connectivity index (χ3n) is 3.37. The van der Waals surface area contributed by atoms with E-state index >= 15 is 0 Å². The maximum atomic E-state index is 10.3. The summed E-state index contributed by atoms with van der Waals surface area (Å²) in [7, 11) is 1.97. The second-order valence-electron chi connectivity index (χ2n) is 4.73. The molecule has 4 nitrogen and oxygen atoms in total. The van der Waals surface area contributed by atoms with Crippen molar-refractivity contribution in [2.24, 2.45) is 7.05 Å². The highest BCUT2D eigenvalue weighted by molar-refractivity contribution is 9.10. The Labute approximate surface area is 125 Å². The number of imidazole rings is 1. The van der Waals surface area contributed by atoms with Gasteiger partial charge in [-0.1, -0.05) is 12.1 Å². The lowest BCUT2D eigenvalue weighted by Gasteiger charge is -2.10. The van der Waals surface area contributed by atoms with Crippen molar-refractivity contribution < 1.29 is 5.11 Å². The van der Waals surface area contributed by atoms with Crippen LogP contribution in [0.5, 0.6) is 0 Å². The topological polar surface area (TPSA) is 50.9 Å². The van der Waals surface area contributed by atoms with Crippen LogP contribution in [0.25, 0.3) is 11.0 Å². The third-order valence-corrected chi connectivity index (χ3v) is 3.80. The number of benzene rings is 1. The SMILES string of the molecule is Cn1c(CC(O)c2cncc(Br)c2)nc2ccccc21. The quantitative estimate of drug-likeness (QED) is 0.802. The number of rotatable bonds is 3. The van der Waals surface area contributed by atoms with Gasteiger partial charge in [-0.3, -0.25) is 4.98 Å². The van der Waals surface area contributed by atoms with Gasteiger partial charge in [-0.15, -0.1) is 0 Å². The largest absolute Gasteiger partial charge is 0.388 e. The summed E-state index contributed by atoms with van der Waals surface area (Å²) in [5.41, 5.74) is 2.80. The average Bonchev–Trinajstić information content (AvgIpc) is 2.76. The zero-order valence-electron chi connectivity index (χ0n) is 11.0. The molecule has 0 aliphatic carbocycles. The molecular formula is C15H14BrN3O. The molecule has 0 aliphatic heterocycles. The van der Waals surface area contributed by atoms with Gasteiger partial charge >= 0.3 is 0 Å². The van der Waals surface area contributed by atoms with Crippen LogP contribution in [0.1, 0.15) is 17.5 Å². The van der Waals surface area contributed by atoms with Gasteiger partial charge in [0.05, 0.1) is 17.1 Å². The summed E-state index contributed by atoms with van der Waals surface area (Å²) in [5, 5.41) is 10.3. The van der Waals surface area contributed by atoms with E-state index in [9.17, 15) is 5.11 Å². The first kappa shape index (κ1) is 13.3. The molecule has 3 rings (SSSR count). The van der Waals surface area contributed by atoms with Gasteiger partial charge in [0.15, 0.2) is 0 Å². The van der Waals surface area contributed by atoms with Crippen LogP contribution in [-0.4, -0.2) is 19.6 Å². The minimum Gasteiger partial charge on any atom is -0.388 e. The van der Waals surface area contributed by atoms with E-state index in [1.54, 1.807) is 12.4 Å². The first-order chi connectivity index (χ1) is 9.65. The van der Waals surface area contributed by atoms with Crippen LogP contribution < -0.4 is 0 Å². The molecule has 0 aliphatic rings. The summed E-state index contributed by atoms with van der Waals surface area (Å²) in [5.74, 6) is 0.860. The van der Waals surface area contributed by atoms with Crippen LogP contribution in [-0.2, 0) is 13.5 Å². The Morgan fingerprint density at radius 2 is 2.10 bits per heavy atom. The molecule has 0 saturated heterocycles. The monoisotopic (exact) mass is 331 g/mol. The van der Waals surface area contributed by atoms with Crippen LogP contribution in [0.3, 0.4) is 0 Å². The normalized spacial score (nSPS) is 12.8. The van der Waals surface area contributed by atoms with Crippen molar-refractivity contribution in [3.05, 3.63) is 58.6 Å². The van der Waals surface area contributed by atoms with E-state index in [0.29, 0.717) is 6.42 Å². The van der Waals surface area contributed by atoms with Gasteiger partial charge in [0.2, 0.25) is 0 Å². The molecule has 0 saturated carbocycles. The van der Waals surface area contributed by atoms with Crippen molar-refractivity contribution in [3.63, 3.8) is 0 Å². The Morgan fingerprint density at radius 1 is 1.30 bits per heavy atom. The van der Waals surface area contributed by atoms with Gasteiger partial charge in [-0.05, 0) is 34.1 Å². The van der Waals surface area contributed by atoms with Crippen LogP contribution >= 0.6 is 15.9 Å². The van der Waals surface area contributed by atoms with Crippen molar-refractivity contribution in [1.82, 2.24) is 14.5 Å². The van der Waals surface area contributed by atoms with Crippen molar-refractivity contribution in [2.45, 2.75) is 12.5 Å². The fourth-order valence-corrected chi connectivity index (χ4v) is 2.66. The highest BCUT2D eigenvalue weighted by Crippen LogP contribution is 2.22. The standard InChI is InChI=1S/C15H14BrN3O/c1-19-13-5-3-2-4-12(13)18-15(19)7-14(20)10-6-11(16)9-17-8-10/h2-6,8-9,14,20H,7H2,1H3. The van der Waals surface area contributed by atoms with Gasteiger partial charge < -0.3 is 9.67 Å². The second-order valence-corrected chi connectivity index (χ2v) is 5.65. The molecular weight excluding hydrogens is 318 g/mol. The minimum atomic E-state index is -0.615. The third kappa shape index (κ3) is 2.46. The summed E-state index contributed by atoms with van der Waals surface area (Å²) in [6, 6.07) is 9.83. The first-order valence-electron chi connectivity index (χ1n) is 6.34. The Hall–Kier alpha value is -1.72. The average molecular weight is 332 g/mol. The van der Waals surface area contributed by atoms with Gasteiger partial charge in [-0.25, -0.2) is 4.98 Å². The number of aromatic nitrogens is 3. The van der Waals surface area contributed by atoms with E-state index in [0.717, 1.165) is 26.9 Å². The molecule has 3 aromatic rings. The number of nitrogens with zero attached hydrogens (tertiary/aromatic N) is 3. The molecule has 1 aromatic carbocycles. The zero-order chi connectivity index (χ0) is 14.1. The molecule has 2 aromatic heterocycles. The van der Waals surface area contributed by atoms with E-state index in [-0.39, 0.29) is 0 Å². The lowest BCUT2D eigenvalue weighted by Crippen LogP contribution is -2.07. The number of aliphatic hydroxyl groups excluding tert-OH is 1. The second kappa shape index (κ2) is 5.34. The van der Waals surface area contributed by atoms with Crippen LogP contribution in [0, 0.1) is 0 Å². The lowest BCUT2D eigenvalue weighted by molar-refractivity contribution is 0.174. The summed E-state index contributed by atoms with van der Waals surface area (Å²) < 4.78 is 2.88. The summed E-state index contributed by atoms with van der Waals surface area (Å²) in [6.07, 6.45) is 3.22. The van der Waals surface area contributed by atoms with Gasteiger partial charge in [0.1, 0.15) is 5.82 Å². The van der Waals surface area contributed by atoms with E-state index in [1.807, 2.05) is 41.9 Å². The Morgan fingerprint density at radius 3 is 2.85 bits per heavy atom. The Kier molecular flexibility index (Phi) is 3.54. The van der Waals surface area contributed by atoms with Crippen molar-refractivity contribution >= 4 is 27.0 Å². The fourth-order valence-electron chi connectivity index (χ4n) is 2.28. The van der Waals surface area contributed by atoms with Crippen LogP contribution in [0.4, 0.5) is 0 Å². The van der Waals surface area contributed by atoms with Gasteiger partial charge in [0, 0.05) is 35.9 Å². The minimum absolute atomic E-state index is 0.462. The van der Waals surface area contributed by atoms with Gasteiger partial charge in [0.25, 0.3) is 0 Å². The maximum absolute atomic E-state index is 10.3. The number of fused-ring (bicyclic) bond motifs is 1. The number of aryl methyl sites for hydroxylation is 1. The maximum Gasteiger partial charge on any atom is 0.112 e. The molecule has 0 bridgehead atoms. The predicted molar refractivity (Wildman–Crippen MR) is 81.3 cm³/mol. The van der Waals surface area contributed by atoms with Crippen molar-refractivity contribution in [2.75, 3.05) is 0 Å². The molecule has 2 heterocycles. The number of hydrogen-bond donors (Lipinski definition) is 1.